The molecule has 4 nitrogen and oxygen atoms in total. The predicted molar refractivity (Wildman–Crippen MR) is 81.1 cm³/mol. The first-order valence-electron chi connectivity index (χ1n) is 6.26. The molecule has 0 N–H and O–H groups in total. The fourth-order valence-corrected chi connectivity index (χ4v) is 2.02. The van der Waals surface area contributed by atoms with Crippen molar-refractivity contribution < 1.29 is 4.74 Å². The van der Waals surface area contributed by atoms with Crippen molar-refractivity contribution in [1.82, 2.24) is 9.80 Å². The summed E-state index contributed by atoms with van der Waals surface area (Å²) in [6.45, 7) is 3.15. The molecule has 0 aliphatic carbocycles. The lowest BCUT2D eigenvalue weighted by atomic mass is 10.2. The summed E-state index contributed by atoms with van der Waals surface area (Å²) >= 11 is 6.15. The van der Waals surface area contributed by atoms with Crippen LogP contribution in [-0.2, 0) is 6.54 Å². The number of rotatable bonds is 4. The molecule has 0 unspecified atom stereocenters. The molecule has 0 amide bonds. The van der Waals surface area contributed by atoms with Crippen LogP contribution in [0.1, 0.15) is 12.5 Å². The summed E-state index contributed by atoms with van der Waals surface area (Å²) in [5.41, 5.74) is 1.06. The van der Waals surface area contributed by atoms with E-state index in [-0.39, 0.29) is 0 Å². The van der Waals surface area contributed by atoms with Crippen LogP contribution < -0.4 is 4.74 Å². The van der Waals surface area contributed by atoms with Gasteiger partial charge in [0.15, 0.2) is 5.96 Å². The molecule has 0 spiro atoms. The Labute approximate surface area is 120 Å². The van der Waals surface area contributed by atoms with Crippen molar-refractivity contribution in [3.8, 4) is 5.75 Å². The van der Waals surface area contributed by atoms with Crippen molar-refractivity contribution in [3.05, 3.63) is 28.8 Å². The van der Waals surface area contributed by atoms with Crippen molar-refractivity contribution in [1.29, 1.82) is 0 Å². The number of guanidine groups is 1. The highest BCUT2D eigenvalue weighted by Gasteiger charge is 2.05. The average molecular weight is 284 g/mol. The fourth-order valence-electron chi connectivity index (χ4n) is 1.76. The van der Waals surface area contributed by atoms with Gasteiger partial charge in [0.1, 0.15) is 5.75 Å². The maximum atomic E-state index is 6.15. The van der Waals surface area contributed by atoms with Gasteiger partial charge in [0, 0.05) is 28.2 Å². The minimum Gasteiger partial charge on any atom is -0.492 e. The lowest BCUT2D eigenvalue weighted by Crippen LogP contribution is -2.35. The van der Waals surface area contributed by atoms with E-state index < -0.39 is 0 Å². The summed E-state index contributed by atoms with van der Waals surface area (Å²) in [4.78, 5) is 8.54. The molecular weight excluding hydrogens is 262 g/mol. The third kappa shape index (κ3) is 4.63. The first-order valence-corrected chi connectivity index (χ1v) is 6.63. The zero-order valence-corrected chi connectivity index (χ0v) is 13.0. The Morgan fingerprint density at radius 1 is 1.21 bits per heavy atom. The molecule has 0 bridgehead atoms. The fraction of sp³-hybridized carbons (Fsp3) is 0.500. The number of nitrogens with zero attached hydrogens (tertiary/aromatic N) is 3. The predicted octanol–water partition coefficient (Wildman–Crippen LogP) is 2.72. The van der Waals surface area contributed by atoms with Crippen LogP contribution in [0.25, 0.3) is 0 Å². The molecule has 0 saturated carbocycles. The van der Waals surface area contributed by atoms with E-state index in [0.29, 0.717) is 18.2 Å². The molecule has 1 rings (SSSR count). The first kappa shape index (κ1) is 15.6. The van der Waals surface area contributed by atoms with Gasteiger partial charge in [-0.2, -0.15) is 0 Å². The Bertz CT molecular complexity index is 434. The first-order chi connectivity index (χ1) is 8.95. The van der Waals surface area contributed by atoms with Gasteiger partial charge in [-0.15, -0.1) is 0 Å². The van der Waals surface area contributed by atoms with Gasteiger partial charge in [-0.25, -0.2) is 4.99 Å². The lowest BCUT2D eigenvalue weighted by Gasteiger charge is -2.22. The smallest absolute Gasteiger partial charge is 0.195 e. The Morgan fingerprint density at radius 3 is 2.32 bits per heavy atom. The van der Waals surface area contributed by atoms with Crippen LogP contribution >= 0.6 is 11.6 Å². The van der Waals surface area contributed by atoms with Gasteiger partial charge in [-0.3, -0.25) is 0 Å². The van der Waals surface area contributed by atoms with Crippen LogP contribution in [0.5, 0.6) is 5.75 Å². The number of hydrogen-bond acceptors (Lipinski definition) is 2. The van der Waals surface area contributed by atoms with E-state index in [1.807, 2.05) is 63.1 Å². The van der Waals surface area contributed by atoms with E-state index in [1.54, 1.807) is 0 Å². The Hall–Kier alpha value is -1.42. The van der Waals surface area contributed by atoms with Crippen LogP contribution in [-0.4, -0.2) is 50.6 Å². The van der Waals surface area contributed by atoms with E-state index in [1.165, 1.54) is 0 Å². The maximum Gasteiger partial charge on any atom is 0.195 e. The normalized spacial score (nSPS) is 10.0. The average Bonchev–Trinajstić information content (AvgIpc) is 2.32. The van der Waals surface area contributed by atoms with Gasteiger partial charge in [0.25, 0.3) is 0 Å². The van der Waals surface area contributed by atoms with Crippen molar-refractivity contribution in [2.75, 3.05) is 34.8 Å². The third-order valence-electron chi connectivity index (χ3n) is 2.50. The topological polar surface area (TPSA) is 28.1 Å². The highest BCUT2D eigenvalue weighted by atomic mass is 35.5. The van der Waals surface area contributed by atoms with E-state index in [0.717, 1.165) is 17.3 Å². The Balaban J connectivity index is 2.83. The summed E-state index contributed by atoms with van der Waals surface area (Å²) in [6, 6.07) is 5.78. The summed E-state index contributed by atoms with van der Waals surface area (Å²) in [7, 11) is 7.90. The highest BCUT2D eigenvalue weighted by molar-refractivity contribution is 6.32. The Morgan fingerprint density at radius 2 is 1.84 bits per heavy atom. The molecule has 1 aromatic rings. The van der Waals surface area contributed by atoms with Crippen LogP contribution in [0.15, 0.2) is 23.2 Å². The standard InChI is InChI=1S/C14H22ClN3O/c1-6-19-13-8-7-11(9-12(13)15)10-16-14(17(2)3)18(4)5/h7-9H,6,10H2,1-5H3. The monoisotopic (exact) mass is 283 g/mol. The molecule has 0 fully saturated rings. The van der Waals surface area contributed by atoms with Crippen molar-refractivity contribution in [2.45, 2.75) is 13.5 Å². The summed E-state index contributed by atoms with van der Waals surface area (Å²) in [5.74, 6) is 1.64. The summed E-state index contributed by atoms with van der Waals surface area (Å²) < 4.78 is 5.41. The number of benzene rings is 1. The minimum absolute atomic E-state index is 0.595. The second-order valence-corrected chi connectivity index (χ2v) is 5.01. The highest BCUT2D eigenvalue weighted by Crippen LogP contribution is 2.25. The quantitative estimate of drug-likeness (QED) is 0.628. The Kier molecular flexibility index (Phi) is 5.96. The lowest BCUT2D eigenvalue weighted by molar-refractivity contribution is 0.340. The van der Waals surface area contributed by atoms with Gasteiger partial charge in [-0.05, 0) is 24.6 Å². The maximum absolute atomic E-state index is 6.15. The molecule has 0 radical (unpaired) electrons. The molecule has 0 aromatic heterocycles. The van der Waals surface area contributed by atoms with Crippen molar-refractivity contribution >= 4 is 17.6 Å². The van der Waals surface area contributed by atoms with Gasteiger partial charge in [0.2, 0.25) is 0 Å². The molecule has 0 aliphatic heterocycles. The van der Waals surface area contributed by atoms with E-state index in [4.69, 9.17) is 16.3 Å². The summed E-state index contributed by atoms with van der Waals surface area (Å²) in [5, 5.41) is 0.630. The minimum atomic E-state index is 0.595. The molecule has 19 heavy (non-hydrogen) atoms. The van der Waals surface area contributed by atoms with Crippen LogP contribution in [0.2, 0.25) is 5.02 Å². The largest absolute Gasteiger partial charge is 0.492 e. The van der Waals surface area contributed by atoms with Gasteiger partial charge in [0.05, 0.1) is 18.2 Å². The molecule has 1 aromatic carbocycles. The van der Waals surface area contributed by atoms with Crippen molar-refractivity contribution in [2.24, 2.45) is 4.99 Å². The summed E-state index contributed by atoms with van der Waals surface area (Å²) in [6.07, 6.45) is 0. The van der Waals surface area contributed by atoms with E-state index >= 15 is 0 Å². The molecule has 106 valence electrons. The third-order valence-corrected chi connectivity index (χ3v) is 2.79. The van der Waals surface area contributed by atoms with Crippen LogP contribution in [0, 0.1) is 0 Å². The van der Waals surface area contributed by atoms with Gasteiger partial charge in [-0.1, -0.05) is 17.7 Å². The number of halogens is 1. The molecule has 0 heterocycles. The van der Waals surface area contributed by atoms with Gasteiger partial charge >= 0.3 is 0 Å². The number of hydrogen-bond donors (Lipinski definition) is 0. The van der Waals surface area contributed by atoms with Gasteiger partial charge < -0.3 is 14.5 Å². The van der Waals surface area contributed by atoms with Crippen LogP contribution in [0.4, 0.5) is 0 Å². The SMILES string of the molecule is CCOc1ccc(CN=C(N(C)C)N(C)C)cc1Cl. The molecular formula is C14H22ClN3O. The second kappa shape index (κ2) is 7.24. The second-order valence-electron chi connectivity index (χ2n) is 4.60. The molecule has 0 saturated heterocycles. The zero-order valence-electron chi connectivity index (χ0n) is 12.3. The number of aliphatic imine (C=N–C) groups is 1. The van der Waals surface area contributed by atoms with Crippen molar-refractivity contribution in [3.63, 3.8) is 0 Å². The van der Waals surface area contributed by atoms with E-state index in [9.17, 15) is 0 Å². The molecule has 0 atom stereocenters. The zero-order chi connectivity index (χ0) is 14.4. The molecule has 5 heteroatoms. The van der Waals surface area contributed by atoms with E-state index in [2.05, 4.69) is 4.99 Å². The molecule has 0 aliphatic rings. The number of ether oxygens (including phenoxy) is 1. The van der Waals surface area contributed by atoms with Crippen LogP contribution in [0.3, 0.4) is 0 Å².